The Balaban J connectivity index is 1.49. The number of likely N-dealkylation sites (tertiary alicyclic amines) is 1. The Morgan fingerprint density at radius 3 is 2.40 bits per heavy atom. The highest BCUT2D eigenvalue weighted by Gasteiger charge is 2.33. The SMILES string of the molecule is CCCC(C)CN(C)[C@H]1C[C@H](OCCC2CCN(CC(C)C)CC2)C1. The van der Waals surface area contributed by atoms with Gasteiger partial charge in [-0.2, -0.15) is 0 Å². The van der Waals surface area contributed by atoms with Gasteiger partial charge in [0.05, 0.1) is 6.10 Å². The van der Waals surface area contributed by atoms with Gasteiger partial charge >= 0.3 is 0 Å². The number of piperidine rings is 1. The fourth-order valence-corrected chi connectivity index (χ4v) is 4.63. The lowest BCUT2D eigenvalue weighted by molar-refractivity contribution is -0.0526. The van der Waals surface area contributed by atoms with Gasteiger partial charge in [0.15, 0.2) is 0 Å². The van der Waals surface area contributed by atoms with E-state index in [1.165, 1.54) is 71.1 Å². The third-order valence-corrected chi connectivity index (χ3v) is 6.28. The summed E-state index contributed by atoms with van der Waals surface area (Å²) in [6.45, 7) is 15.4. The van der Waals surface area contributed by atoms with Crippen LogP contribution in [0.1, 0.15) is 72.6 Å². The van der Waals surface area contributed by atoms with Crippen molar-refractivity contribution in [2.75, 3.05) is 39.8 Å². The predicted octanol–water partition coefficient (Wildman–Crippen LogP) is 4.66. The van der Waals surface area contributed by atoms with Crippen LogP contribution in [0.25, 0.3) is 0 Å². The van der Waals surface area contributed by atoms with Gasteiger partial charge in [-0.05, 0) is 76.4 Å². The number of ether oxygens (including phenoxy) is 1. The Kier molecular flexibility index (Phi) is 9.23. The molecule has 1 aliphatic carbocycles. The highest BCUT2D eigenvalue weighted by molar-refractivity contribution is 4.87. The minimum Gasteiger partial charge on any atom is -0.378 e. The Morgan fingerprint density at radius 1 is 1.12 bits per heavy atom. The van der Waals surface area contributed by atoms with Crippen molar-refractivity contribution in [2.24, 2.45) is 17.8 Å². The van der Waals surface area contributed by atoms with Gasteiger partial charge in [-0.1, -0.05) is 34.1 Å². The molecule has 3 heteroatoms. The Hall–Kier alpha value is -0.120. The zero-order chi connectivity index (χ0) is 18.2. The first-order valence-electron chi connectivity index (χ1n) is 11.0. The Morgan fingerprint density at radius 2 is 1.80 bits per heavy atom. The molecule has 3 nitrogen and oxygen atoms in total. The lowest BCUT2D eigenvalue weighted by Gasteiger charge is -2.42. The lowest BCUT2D eigenvalue weighted by atomic mass is 9.87. The molecule has 25 heavy (non-hydrogen) atoms. The van der Waals surface area contributed by atoms with Crippen LogP contribution < -0.4 is 0 Å². The van der Waals surface area contributed by atoms with Crippen molar-refractivity contribution in [1.82, 2.24) is 9.80 Å². The highest BCUT2D eigenvalue weighted by Crippen LogP contribution is 2.29. The quantitative estimate of drug-likeness (QED) is 0.538. The van der Waals surface area contributed by atoms with E-state index in [1.54, 1.807) is 0 Å². The summed E-state index contributed by atoms with van der Waals surface area (Å²) in [5.41, 5.74) is 0. The van der Waals surface area contributed by atoms with Crippen molar-refractivity contribution in [1.29, 1.82) is 0 Å². The van der Waals surface area contributed by atoms with Crippen molar-refractivity contribution < 1.29 is 4.74 Å². The second-order valence-corrected chi connectivity index (χ2v) is 9.38. The third kappa shape index (κ3) is 7.56. The molecule has 148 valence electrons. The molecular formula is C22H44N2O. The fraction of sp³-hybridized carbons (Fsp3) is 1.00. The molecule has 1 atom stereocenters. The fourth-order valence-electron chi connectivity index (χ4n) is 4.63. The van der Waals surface area contributed by atoms with E-state index in [2.05, 4.69) is 44.5 Å². The van der Waals surface area contributed by atoms with E-state index in [0.717, 1.165) is 30.4 Å². The number of hydrogen-bond acceptors (Lipinski definition) is 3. The molecule has 0 N–H and O–H groups in total. The van der Waals surface area contributed by atoms with Crippen LogP contribution in [0.3, 0.4) is 0 Å². The molecule has 1 aliphatic heterocycles. The molecule has 1 heterocycles. The summed E-state index contributed by atoms with van der Waals surface area (Å²) in [5, 5.41) is 0. The van der Waals surface area contributed by atoms with Crippen LogP contribution >= 0.6 is 0 Å². The van der Waals surface area contributed by atoms with E-state index in [0.29, 0.717) is 6.10 Å². The summed E-state index contributed by atoms with van der Waals surface area (Å²) in [6.07, 6.45) is 9.73. The van der Waals surface area contributed by atoms with Gasteiger partial charge in [0.1, 0.15) is 0 Å². The zero-order valence-electron chi connectivity index (χ0n) is 17.7. The smallest absolute Gasteiger partial charge is 0.0605 e. The van der Waals surface area contributed by atoms with Gasteiger partial charge in [-0.15, -0.1) is 0 Å². The van der Waals surface area contributed by atoms with Gasteiger partial charge in [-0.25, -0.2) is 0 Å². The molecule has 0 aromatic carbocycles. The van der Waals surface area contributed by atoms with Crippen LogP contribution in [0.4, 0.5) is 0 Å². The standard InChI is InChI=1S/C22H44N2O/c1-6-7-19(4)17-23(5)21-14-22(15-21)25-13-10-20-8-11-24(12-9-20)16-18(2)3/h18-22H,6-17H2,1-5H3/t19?,21-,22-. The lowest BCUT2D eigenvalue weighted by Crippen LogP contribution is -2.47. The summed E-state index contributed by atoms with van der Waals surface area (Å²) >= 11 is 0. The summed E-state index contributed by atoms with van der Waals surface area (Å²) < 4.78 is 6.16. The summed E-state index contributed by atoms with van der Waals surface area (Å²) in [6, 6.07) is 0.767. The molecular weight excluding hydrogens is 308 g/mol. The number of nitrogens with zero attached hydrogens (tertiary/aromatic N) is 2. The van der Waals surface area contributed by atoms with E-state index >= 15 is 0 Å². The van der Waals surface area contributed by atoms with E-state index in [1.807, 2.05) is 0 Å². The van der Waals surface area contributed by atoms with E-state index in [4.69, 9.17) is 4.74 Å². The van der Waals surface area contributed by atoms with Crippen LogP contribution in [0.5, 0.6) is 0 Å². The van der Waals surface area contributed by atoms with Crippen LogP contribution in [-0.2, 0) is 4.74 Å². The molecule has 0 radical (unpaired) electrons. The molecule has 1 saturated heterocycles. The Labute approximate surface area is 157 Å². The first-order valence-corrected chi connectivity index (χ1v) is 11.0. The maximum Gasteiger partial charge on any atom is 0.0605 e. The molecule has 2 aliphatic rings. The molecule has 0 spiro atoms. The van der Waals surface area contributed by atoms with Crippen molar-refractivity contribution in [3.05, 3.63) is 0 Å². The molecule has 1 saturated carbocycles. The van der Waals surface area contributed by atoms with Gasteiger partial charge in [-0.3, -0.25) is 0 Å². The van der Waals surface area contributed by atoms with Crippen LogP contribution in [0.2, 0.25) is 0 Å². The monoisotopic (exact) mass is 352 g/mol. The topological polar surface area (TPSA) is 15.7 Å². The van der Waals surface area contributed by atoms with Gasteiger partial charge in [0.25, 0.3) is 0 Å². The van der Waals surface area contributed by atoms with Gasteiger partial charge < -0.3 is 14.5 Å². The van der Waals surface area contributed by atoms with Gasteiger partial charge in [0.2, 0.25) is 0 Å². The first kappa shape index (κ1) is 21.2. The van der Waals surface area contributed by atoms with Crippen LogP contribution in [0, 0.1) is 17.8 Å². The van der Waals surface area contributed by atoms with E-state index in [9.17, 15) is 0 Å². The second-order valence-electron chi connectivity index (χ2n) is 9.38. The third-order valence-electron chi connectivity index (χ3n) is 6.28. The van der Waals surface area contributed by atoms with Crippen molar-refractivity contribution in [3.8, 4) is 0 Å². The predicted molar refractivity (Wildman–Crippen MR) is 108 cm³/mol. The minimum atomic E-state index is 0.537. The minimum absolute atomic E-state index is 0.537. The molecule has 2 rings (SSSR count). The first-order chi connectivity index (χ1) is 12.0. The molecule has 0 bridgehead atoms. The average Bonchev–Trinajstić information content (AvgIpc) is 2.50. The average molecular weight is 353 g/mol. The number of rotatable bonds is 11. The molecule has 0 aromatic heterocycles. The molecule has 2 fully saturated rings. The molecule has 0 aromatic rings. The van der Waals surface area contributed by atoms with Crippen molar-refractivity contribution in [2.45, 2.75) is 84.8 Å². The van der Waals surface area contributed by atoms with Crippen molar-refractivity contribution in [3.63, 3.8) is 0 Å². The zero-order valence-corrected chi connectivity index (χ0v) is 17.7. The summed E-state index contributed by atoms with van der Waals surface area (Å²) in [7, 11) is 2.30. The van der Waals surface area contributed by atoms with E-state index in [-0.39, 0.29) is 0 Å². The van der Waals surface area contributed by atoms with Gasteiger partial charge in [0, 0.05) is 25.7 Å². The maximum absolute atomic E-state index is 6.16. The largest absolute Gasteiger partial charge is 0.378 e. The maximum atomic E-state index is 6.16. The second kappa shape index (κ2) is 10.9. The number of hydrogen-bond donors (Lipinski definition) is 0. The van der Waals surface area contributed by atoms with Crippen LogP contribution in [-0.4, -0.2) is 61.8 Å². The summed E-state index contributed by atoms with van der Waals surface area (Å²) in [4.78, 5) is 5.22. The normalized spacial score (nSPS) is 27.0. The van der Waals surface area contributed by atoms with Crippen molar-refractivity contribution >= 4 is 0 Å². The Bertz CT molecular complexity index is 346. The molecule has 1 unspecified atom stereocenters. The van der Waals surface area contributed by atoms with Crippen LogP contribution in [0.15, 0.2) is 0 Å². The molecule has 0 amide bonds. The highest BCUT2D eigenvalue weighted by atomic mass is 16.5. The van der Waals surface area contributed by atoms with E-state index < -0.39 is 0 Å². The summed E-state index contributed by atoms with van der Waals surface area (Å²) in [5.74, 6) is 2.53.